The van der Waals surface area contributed by atoms with Crippen LogP contribution in [0.1, 0.15) is 24.4 Å². The van der Waals surface area contributed by atoms with Crippen molar-refractivity contribution >= 4 is 17.6 Å². The molecule has 1 saturated heterocycles. The highest BCUT2D eigenvalue weighted by molar-refractivity contribution is 5.69. The van der Waals surface area contributed by atoms with Gasteiger partial charge in [-0.15, -0.1) is 5.10 Å². The molecule has 0 spiro atoms. The summed E-state index contributed by atoms with van der Waals surface area (Å²) in [7, 11) is -0.881. The molecule has 0 aromatic carbocycles. The number of fused-ring (bicyclic) bond motifs is 1. The molecular weight excluding hydrogens is 384 g/mol. The third kappa shape index (κ3) is 3.74. The Bertz CT molecular complexity index is 1150. The number of rotatable bonds is 5. The van der Waals surface area contributed by atoms with Gasteiger partial charge < -0.3 is 19.3 Å². The highest BCUT2D eigenvalue weighted by Crippen LogP contribution is 2.29. The number of carbonyl (C=O) groups is 1. The highest BCUT2D eigenvalue weighted by atomic mass is 16.6. The van der Waals surface area contributed by atoms with Gasteiger partial charge in [0, 0.05) is 26.3 Å². The van der Waals surface area contributed by atoms with E-state index in [1.807, 2.05) is 26.0 Å². The highest BCUT2D eigenvalue weighted by Gasteiger charge is 2.30. The Hall–Kier alpha value is -3.36. The Labute approximate surface area is 179 Å². The van der Waals surface area contributed by atoms with Crippen LogP contribution in [0.25, 0.3) is 16.9 Å². The zero-order chi connectivity index (χ0) is 23.8. The van der Waals surface area contributed by atoms with Crippen LogP contribution < -0.4 is 9.64 Å². The van der Waals surface area contributed by atoms with Crippen molar-refractivity contribution in [1.29, 1.82) is 0 Å². The average Bonchev–Trinajstić information content (AvgIpc) is 3.39. The van der Waals surface area contributed by atoms with Gasteiger partial charge in [-0.2, -0.15) is 0 Å². The lowest BCUT2D eigenvalue weighted by molar-refractivity contribution is 0.0748. The van der Waals surface area contributed by atoms with Gasteiger partial charge in [-0.1, -0.05) is 0 Å². The monoisotopic (exact) mass is 413 g/mol. The van der Waals surface area contributed by atoms with Gasteiger partial charge in [0.25, 0.3) is 0 Å². The van der Waals surface area contributed by atoms with Crippen molar-refractivity contribution in [3.63, 3.8) is 0 Å². The minimum Gasteiger partial charge on any atom is -0.481 e. The third-order valence-electron chi connectivity index (χ3n) is 5.15. The molecule has 1 atom stereocenters. The molecule has 4 heterocycles. The summed E-state index contributed by atoms with van der Waals surface area (Å²) in [5, 5.41) is 4.74. The summed E-state index contributed by atoms with van der Waals surface area (Å²) in [6, 6.07) is 7.14. The maximum absolute atomic E-state index is 12.3. The van der Waals surface area contributed by atoms with E-state index < -0.39 is 7.04 Å². The maximum Gasteiger partial charge on any atom is 0.410 e. The van der Waals surface area contributed by atoms with Crippen molar-refractivity contribution in [2.75, 3.05) is 32.1 Å². The molecule has 0 N–H and O–H groups in total. The molecule has 9 heteroatoms. The summed E-state index contributed by atoms with van der Waals surface area (Å²) < 4.78 is 34.3. The van der Waals surface area contributed by atoms with Gasteiger partial charge in [-0.3, -0.25) is 0 Å². The van der Waals surface area contributed by atoms with Crippen molar-refractivity contribution in [3.8, 4) is 17.1 Å². The molecule has 30 heavy (non-hydrogen) atoms. The number of aromatic nitrogens is 4. The zero-order valence-corrected chi connectivity index (χ0v) is 17.1. The quantitative estimate of drug-likeness (QED) is 0.636. The first-order valence-corrected chi connectivity index (χ1v) is 9.80. The Balaban J connectivity index is 1.60. The van der Waals surface area contributed by atoms with Crippen molar-refractivity contribution < 1.29 is 18.4 Å². The van der Waals surface area contributed by atoms with E-state index in [1.54, 1.807) is 34.8 Å². The third-order valence-corrected chi connectivity index (χ3v) is 5.15. The van der Waals surface area contributed by atoms with E-state index in [9.17, 15) is 4.79 Å². The molecule has 1 aliphatic rings. The van der Waals surface area contributed by atoms with Crippen LogP contribution in [-0.4, -0.2) is 69.9 Å². The molecular formula is C21H26N6O3. The van der Waals surface area contributed by atoms with Gasteiger partial charge in [0.1, 0.15) is 5.82 Å². The summed E-state index contributed by atoms with van der Waals surface area (Å²) in [5.74, 6) is 0.704. The number of methoxy groups -OCH3 is 1. The van der Waals surface area contributed by atoms with Crippen LogP contribution in [0, 0.1) is 0 Å². The fraction of sp³-hybridized carbons (Fsp3) is 0.429. The second kappa shape index (κ2) is 8.17. The normalized spacial score (nSPS) is 18.2. The molecule has 0 saturated carbocycles. The average molecular weight is 413 g/mol. The van der Waals surface area contributed by atoms with Crippen molar-refractivity contribution in [1.82, 2.24) is 24.5 Å². The van der Waals surface area contributed by atoms with Crippen LogP contribution in [0.4, 0.5) is 10.6 Å². The van der Waals surface area contributed by atoms with E-state index in [4.69, 9.17) is 18.7 Å². The molecule has 3 aromatic rings. The van der Waals surface area contributed by atoms with E-state index in [1.165, 1.54) is 6.20 Å². The number of carbonyl (C=O) groups excluding carboxylic acids is 1. The lowest BCUT2D eigenvalue weighted by Crippen LogP contribution is -2.40. The van der Waals surface area contributed by atoms with Gasteiger partial charge in [-0.05, 0) is 44.5 Å². The van der Waals surface area contributed by atoms with E-state index in [-0.39, 0.29) is 24.1 Å². The molecule has 1 amide bonds. The van der Waals surface area contributed by atoms with Gasteiger partial charge in [0.15, 0.2) is 5.65 Å². The molecule has 9 nitrogen and oxygen atoms in total. The molecule has 0 radical (unpaired) electrons. The Morgan fingerprint density at radius 2 is 2.20 bits per heavy atom. The van der Waals surface area contributed by atoms with Gasteiger partial charge in [-0.25, -0.2) is 19.3 Å². The fourth-order valence-corrected chi connectivity index (χ4v) is 3.58. The van der Waals surface area contributed by atoms with Crippen molar-refractivity contribution in [3.05, 3.63) is 36.7 Å². The number of imidazole rings is 1. The van der Waals surface area contributed by atoms with Gasteiger partial charge in [0.05, 0.1) is 40.8 Å². The van der Waals surface area contributed by atoms with Crippen LogP contribution in [0.15, 0.2) is 36.7 Å². The summed E-state index contributed by atoms with van der Waals surface area (Å²) in [5.41, 5.74) is 1.64. The topological polar surface area (TPSA) is 85.1 Å². The molecule has 158 valence electrons. The summed E-state index contributed by atoms with van der Waals surface area (Å²) in [6.45, 7) is 5.00. The lowest BCUT2D eigenvalue weighted by Gasteiger charge is -2.25. The SMILES string of the molecule is [2H]C([2H])([2H])Oc1ncccc1-c1cnc2ccc(N3CC[C@H](N(C)C(=O)OC(C)C)C3)nn12. The summed E-state index contributed by atoms with van der Waals surface area (Å²) in [6.07, 6.45) is 3.36. The van der Waals surface area contributed by atoms with Gasteiger partial charge >= 0.3 is 6.09 Å². The predicted molar refractivity (Wildman–Crippen MR) is 113 cm³/mol. The zero-order valence-electron chi connectivity index (χ0n) is 20.1. The van der Waals surface area contributed by atoms with Gasteiger partial charge in [0.2, 0.25) is 5.88 Å². The standard InChI is InChI=1S/C21H26N6O3/c1-14(2)30-21(28)25(3)15-9-11-26(13-15)19-8-7-18-23-12-17(27(18)24-19)16-6-5-10-22-20(16)29-4/h5-8,10,12,14-15H,9,11,13H2,1-4H3/t15-/m0/s1/i4D3. The summed E-state index contributed by atoms with van der Waals surface area (Å²) >= 11 is 0. The number of hydrogen-bond acceptors (Lipinski definition) is 7. The minimum atomic E-state index is -2.63. The molecule has 3 aromatic heterocycles. The molecule has 1 fully saturated rings. The number of likely N-dealkylation sites (N-methyl/N-ethyl adjacent to an activating group) is 1. The number of hydrogen-bond donors (Lipinski definition) is 0. The Morgan fingerprint density at radius 1 is 1.33 bits per heavy atom. The lowest BCUT2D eigenvalue weighted by atomic mass is 10.2. The Morgan fingerprint density at radius 3 is 3.00 bits per heavy atom. The second-order valence-corrected chi connectivity index (χ2v) is 7.50. The molecule has 1 aliphatic heterocycles. The molecule has 0 unspecified atom stereocenters. The maximum atomic E-state index is 12.3. The fourth-order valence-electron chi connectivity index (χ4n) is 3.58. The molecule has 0 aliphatic carbocycles. The van der Waals surface area contributed by atoms with Crippen LogP contribution in [0.2, 0.25) is 0 Å². The molecule has 0 bridgehead atoms. The van der Waals surface area contributed by atoms with Crippen LogP contribution in [0.5, 0.6) is 5.88 Å². The van der Waals surface area contributed by atoms with Crippen LogP contribution in [-0.2, 0) is 4.74 Å². The van der Waals surface area contributed by atoms with E-state index in [2.05, 4.69) is 14.9 Å². The first kappa shape index (κ1) is 16.4. The van der Waals surface area contributed by atoms with Crippen LogP contribution in [0.3, 0.4) is 0 Å². The van der Waals surface area contributed by atoms with E-state index in [0.717, 1.165) is 18.8 Å². The first-order valence-electron chi connectivity index (χ1n) is 11.3. The Kier molecular flexibility index (Phi) is 4.48. The first-order chi connectivity index (χ1) is 15.6. The number of ether oxygens (including phenoxy) is 2. The number of amides is 1. The van der Waals surface area contributed by atoms with E-state index in [0.29, 0.717) is 23.4 Å². The van der Waals surface area contributed by atoms with E-state index >= 15 is 0 Å². The van der Waals surface area contributed by atoms with Crippen molar-refractivity contribution in [2.45, 2.75) is 32.4 Å². The minimum absolute atomic E-state index is 0.00798. The second-order valence-electron chi connectivity index (χ2n) is 7.50. The number of pyridine rings is 1. The predicted octanol–water partition coefficient (Wildman–Crippen LogP) is 2.86. The molecule has 4 rings (SSSR count). The number of nitrogens with zero attached hydrogens (tertiary/aromatic N) is 6. The van der Waals surface area contributed by atoms with Crippen molar-refractivity contribution in [2.24, 2.45) is 0 Å². The smallest absolute Gasteiger partial charge is 0.410 e. The number of anilines is 1. The van der Waals surface area contributed by atoms with Crippen LogP contribution >= 0.6 is 0 Å². The summed E-state index contributed by atoms with van der Waals surface area (Å²) in [4.78, 5) is 24.4. The largest absolute Gasteiger partial charge is 0.481 e.